The Morgan fingerprint density at radius 2 is 2.12 bits per heavy atom. The molecule has 1 aliphatic heterocycles. The predicted molar refractivity (Wildman–Crippen MR) is 103 cm³/mol. The number of carbonyl (C=O) groups is 1. The van der Waals surface area contributed by atoms with Crippen molar-refractivity contribution in [2.24, 2.45) is 5.92 Å². The summed E-state index contributed by atoms with van der Waals surface area (Å²) in [6, 6.07) is 8.40. The standard InChI is InChI=1S/C17H21N3OS2.ClH/c1-11-9-13(7-8-18-11)16(21)20-14-3-5-15(6-4-14)23-17-19-12(2)10-22-17;/h3-6,10-11,13,18H,7-9H2,1-2H3,(H,20,21);1H/t11-,13-;/m0./s1. The number of hydrogen-bond donors (Lipinski definition) is 2. The minimum absolute atomic E-state index is 0. The molecule has 0 spiro atoms. The second-order valence-electron chi connectivity index (χ2n) is 5.95. The molecule has 0 unspecified atom stereocenters. The smallest absolute Gasteiger partial charge is 0.227 e. The topological polar surface area (TPSA) is 54.0 Å². The lowest BCUT2D eigenvalue weighted by Crippen LogP contribution is -2.40. The molecular weight excluding hydrogens is 362 g/mol. The second-order valence-corrected chi connectivity index (χ2v) is 8.13. The third-order valence-corrected chi connectivity index (χ3v) is 5.98. The molecule has 24 heavy (non-hydrogen) atoms. The molecule has 1 saturated heterocycles. The average Bonchev–Trinajstić information content (AvgIpc) is 2.94. The van der Waals surface area contributed by atoms with Gasteiger partial charge < -0.3 is 10.6 Å². The molecule has 2 heterocycles. The molecule has 1 aromatic carbocycles. The summed E-state index contributed by atoms with van der Waals surface area (Å²) < 4.78 is 1.04. The van der Waals surface area contributed by atoms with Crippen molar-refractivity contribution >= 4 is 47.1 Å². The van der Waals surface area contributed by atoms with Crippen molar-refractivity contribution in [1.82, 2.24) is 10.3 Å². The van der Waals surface area contributed by atoms with Gasteiger partial charge in [-0.15, -0.1) is 23.7 Å². The Hall–Kier alpha value is -1.08. The van der Waals surface area contributed by atoms with Crippen LogP contribution in [0.1, 0.15) is 25.5 Å². The van der Waals surface area contributed by atoms with Gasteiger partial charge in [-0.3, -0.25) is 4.79 Å². The SMILES string of the molecule is Cc1csc(Sc2ccc(NC(=O)[C@H]3CCN[C@@H](C)C3)cc2)n1.Cl. The maximum Gasteiger partial charge on any atom is 0.227 e. The maximum atomic E-state index is 12.3. The Labute approximate surface area is 157 Å². The normalized spacial score (nSPS) is 20.2. The molecule has 1 aliphatic rings. The Morgan fingerprint density at radius 1 is 1.38 bits per heavy atom. The van der Waals surface area contributed by atoms with Gasteiger partial charge >= 0.3 is 0 Å². The molecular formula is C17H22ClN3OS2. The first-order valence-electron chi connectivity index (χ1n) is 7.84. The van der Waals surface area contributed by atoms with E-state index >= 15 is 0 Å². The van der Waals surface area contributed by atoms with Gasteiger partial charge in [-0.05, 0) is 57.5 Å². The van der Waals surface area contributed by atoms with E-state index in [1.807, 2.05) is 31.2 Å². The molecule has 7 heteroatoms. The Bertz CT molecular complexity index is 675. The summed E-state index contributed by atoms with van der Waals surface area (Å²) in [7, 11) is 0. The number of rotatable bonds is 4. The highest BCUT2D eigenvalue weighted by Gasteiger charge is 2.24. The van der Waals surface area contributed by atoms with Crippen LogP contribution >= 0.6 is 35.5 Å². The van der Waals surface area contributed by atoms with Gasteiger partial charge in [0.1, 0.15) is 0 Å². The van der Waals surface area contributed by atoms with Crippen LogP contribution in [0.25, 0.3) is 0 Å². The third-order valence-electron chi connectivity index (χ3n) is 3.92. The van der Waals surface area contributed by atoms with E-state index in [4.69, 9.17) is 0 Å². The molecule has 0 bridgehead atoms. The van der Waals surface area contributed by atoms with Gasteiger partial charge in [-0.25, -0.2) is 4.98 Å². The van der Waals surface area contributed by atoms with E-state index in [2.05, 4.69) is 27.9 Å². The van der Waals surface area contributed by atoms with Crippen molar-refractivity contribution < 1.29 is 4.79 Å². The fourth-order valence-corrected chi connectivity index (χ4v) is 4.51. The summed E-state index contributed by atoms with van der Waals surface area (Å²) in [5.41, 5.74) is 1.92. The monoisotopic (exact) mass is 383 g/mol. The minimum atomic E-state index is 0. The van der Waals surface area contributed by atoms with Gasteiger partial charge in [0.25, 0.3) is 0 Å². The molecule has 0 aliphatic carbocycles. The number of amides is 1. The number of anilines is 1. The zero-order valence-corrected chi connectivity index (χ0v) is 16.2. The van der Waals surface area contributed by atoms with Crippen LogP contribution in [0.15, 0.2) is 38.9 Å². The number of aromatic nitrogens is 1. The number of nitrogens with zero attached hydrogens (tertiary/aromatic N) is 1. The lowest BCUT2D eigenvalue weighted by atomic mass is 9.92. The Morgan fingerprint density at radius 3 is 2.75 bits per heavy atom. The first kappa shape index (κ1) is 19.2. The molecule has 2 atom stereocenters. The van der Waals surface area contributed by atoms with Gasteiger partial charge in [0.15, 0.2) is 4.34 Å². The van der Waals surface area contributed by atoms with Crippen molar-refractivity contribution in [2.75, 3.05) is 11.9 Å². The van der Waals surface area contributed by atoms with Crippen molar-refractivity contribution in [2.45, 2.75) is 42.0 Å². The molecule has 2 aromatic rings. The van der Waals surface area contributed by atoms with Gasteiger partial charge in [0, 0.05) is 33.6 Å². The Kier molecular flexibility index (Phi) is 7.10. The van der Waals surface area contributed by atoms with E-state index in [9.17, 15) is 4.79 Å². The maximum absolute atomic E-state index is 12.3. The fraction of sp³-hybridized carbons (Fsp3) is 0.412. The molecule has 3 rings (SSSR count). The van der Waals surface area contributed by atoms with E-state index in [1.165, 1.54) is 0 Å². The first-order chi connectivity index (χ1) is 11.1. The van der Waals surface area contributed by atoms with Crippen LogP contribution in [0.2, 0.25) is 0 Å². The van der Waals surface area contributed by atoms with Crippen molar-refractivity contribution in [1.29, 1.82) is 0 Å². The number of hydrogen-bond acceptors (Lipinski definition) is 5. The van der Waals surface area contributed by atoms with Gasteiger partial charge in [0.05, 0.1) is 0 Å². The van der Waals surface area contributed by atoms with Gasteiger partial charge in [-0.1, -0.05) is 11.8 Å². The summed E-state index contributed by atoms with van der Waals surface area (Å²) >= 11 is 3.31. The molecule has 130 valence electrons. The quantitative estimate of drug-likeness (QED) is 0.824. The highest BCUT2D eigenvalue weighted by Crippen LogP contribution is 2.31. The van der Waals surface area contributed by atoms with Gasteiger partial charge in [-0.2, -0.15) is 0 Å². The van der Waals surface area contributed by atoms with Crippen molar-refractivity contribution in [3.8, 4) is 0 Å². The summed E-state index contributed by atoms with van der Waals surface area (Å²) in [5.74, 6) is 0.243. The summed E-state index contributed by atoms with van der Waals surface area (Å²) in [5, 5.41) is 8.47. The van der Waals surface area contributed by atoms with E-state index in [0.29, 0.717) is 6.04 Å². The molecule has 1 amide bonds. The molecule has 1 aromatic heterocycles. The zero-order valence-electron chi connectivity index (χ0n) is 13.7. The molecule has 1 fully saturated rings. The lowest BCUT2D eigenvalue weighted by Gasteiger charge is -2.27. The summed E-state index contributed by atoms with van der Waals surface area (Å²) in [6.45, 7) is 5.05. The number of benzene rings is 1. The molecule has 4 nitrogen and oxygen atoms in total. The fourth-order valence-electron chi connectivity index (χ4n) is 2.70. The van der Waals surface area contributed by atoms with Crippen LogP contribution in [-0.4, -0.2) is 23.5 Å². The van der Waals surface area contributed by atoms with Crippen LogP contribution in [0.4, 0.5) is 5.69 Å². The van der Waals surface area contributed by atoms with Crippen molar-refractivity contribution in [3.05, 3.63) is 35.3 Å². The van der Waals surface area contributed by atoms with E-state index < -0.39 is 0 Å². The second kappa shape index (κ2) is 8.85. The van der Waals surface area contributed by atoms with Crippen LogP contribution in [0, 0.1) is 12.8 Å². The van der Waals surface area contributed by atoms with E-state index in [-0.39, 0.29) is 24.2 Å². The van der Waals surface area contributed by atoms with Crippen molar-refractivity contribution in [3.63, 3.8) is 0 Å². The summed E-state index contributed by atoms with van der Waals surface area (Å²) in [4.78, 5) is 17.9. The molecule has 2 N–H and O–H groups in total. The highest BCUT2D eigenvalue weighted by atomic mass is 35.5. The number of nitrogens with one attached hydrogen (secondary N) is 2. The average molecular weight is 384 g/mol. The first-order valence-corrected chi connectivity index (χ1v) is 9.54. The molecule has 0 saturated carbocycles. The third kappa shape index (κ3) is 5.21. The van der Waals surface area contributed by atoms with Crippen LogP contribution < -0.4 is 10.6 Å². The lowest BCUT2D eigenvalue weighted by molar-refractivity contribution is -0.120. The molecule has 0 radical (unpaired) electrons. The van der Waals surface area contributed by atoms with Gasteiger partial charge in [0.2, 0.25) is 5.91 Å². The summed E-state index contributed by atoms with van der Waals surface area (Å²) in [6.07, 6.45) is 1.82. The number of piperidine rings is 1. The zero-order chi connectivity index (χ0) is 16.2. The van der Waals surface area contributed by atoms with E-state index in [0.717, 1.165) is 40.0 Å². The van der Waals surface area contributed by atoms with Crippen LogP contribution in [-0.2, 0) is 4.79 Å². The number of thiazole rings is 1. The highest BCUT2D eigenvalue weighted by molar-refractivity contribution is 8.01. The van der Waals surface area contributed by atoms with Crippen LogP contribution in [0.5, 0.6) is 0 Å². The number of carbonyl (C=O) groups excluding carboxylic acids is 1. The predicted octanol–water partition coefficient (Wildman–Crippen LogP) is 4.35. The van der Waals surface area contributed by atoms with E-state index in [1.54, 1.807) is 23.1 Å². The largest absolute Gasteiger partial charge is 0.326 e. The number of aryl methyl sites for hydroxylation is 1. The minimum Gasteiger partial charge on any atom is -0.326 e. The number of halogens is 1. The van der Waals surface area contributed by atoms with Crippen LogP contribution in [0.3, 0.4) is 0 Å². The Balaban J connectivity index is 0.00000208.